The van der Waals surface area contributed by atoms with Crippen LogP contribution in [0.5, 0.6) is 0 Å². The molecule has 0 aliphatic carbocycles. The van der Waals surface area contributed by atoms with Gasteiger partial charge in [-0.1, -0.05) is 37.0 Å². The third kappa shape index (κ3) is 3.01. The van der Waals surface area contributed by atoms with Crippen molar-refractivity contribution in [2.75, 3.05) is 13.1 Å². The summed E-state index contributed by atoms with van der Waals surface area (Å²) in [6, 6.07) is 4.65. The first-order chi connectivity index (χ1) is 9.76. The number of carboxylic acids is 1. The molecule has 114 valence electrons. The smallest absolute Gasteiger partial charge is 0.311 e. The second-order valence-corrected chi connectivity index (χ2v) is 6.62. The standard InChI is InChI=1S/C15H17Cl2NO3/c1-9(2)15(14(20)21)3-4-18(8-15)13(19)10-5-11(16)7-12(17)6-10/h5-7,9H,3-4,8H2,1-2H3,(H,20,21). The summed E-state index contributed by atoms with van der Waals surface area (Å²) in [5.74, 6) is -1.13. The minimum Gasteiger partial charge on any atom is -0.481 e. The lowest BCUT2D eigenvalue weighted by molar-refractivity contribution is -0.150. The van der Waals surface area contributed by atoms with Crippen molar-refractivity contribution in [1.82, 2.24) is 4.90 Å². The monoisotopic (exact) mass is 329 g/mol. The van der Waals surface area contributed by atoms with E-state index in [1.54, 1.807) is 23.1 Å². The van der Waals surface area contributed by atoms with E-state index in [-0.39, 0.29) is 18.4 Å². The first-order valence-corrected chi connectivity index (χ1v) is 7.50. The summed E-state index contributed by atoms with van der Waals surface area (Å²) in [7, 11) is 0. The highest BCUT2D eigenvalue weighted by molar-refractivity contribution is 6.35. The fourth-order valence-corrected chi connectivity index (χ4v) is 3.29. The van der Waals surface area contributed by atoms with Crippen molar-refractivity contribution >= 4 is 35.1 Å². The number of amides is 1. The molecule has 1 heterocycles. The van der Waals surface area contributed by atoms with Crippen LogP contribution in [0, 0.1) is 11.3 Å². The van der Waals surface area contributed by atoms with Gasteiger partial charge < -0.3 is 10.0 Å². The van der Waals surface area contributed by atoms with Crippen LogP contribution in [0.1, 0.15) is 30.6 Å². The molecule has 6 heteroatoms. The zero-order chi connectivity index (χ0) is 15.8. The zero-order valence-electron chi connectivity index (χ0n) is 11.9. The van der Waals surface area contributed by atoms with Gasteiger partial charge in [-0.15, -0.1) is 0 Å². The Labute approximate surface area is 133 Å². The molecule has 0 bridgehead atoms. The zero-order valence-corrected chi connectivity index (χ0v) is 13.4. The average molecular weight is 330 g/mol. The van der Waals surface area contributed by atoms with Gasteiger partial charge in [-0.25, -0.2) is 0 Å². The first-order valence-electron chi connectivity index (χ1n) is 6.75. The van der Waals surface area contributed by atoms with Crippen LogP contribution in [0.4, 0.5) is 0 Å². The van der Waals surface area contributed by atoms with Gasteiger partial charge >= 0.3 is 5.97 Å². The highest BCUT2D eigenvalue weighted by atomic mass is 35.5. The first kappa shape index (κ1) is 16.1. The van der Waals surface area contributed by atoms with Gasteiger partial charge in [0, 0.05) is 28.7 Å². The number of rotatable bonds is 3. The summed E-state index contributed by atoms with van der Waals surface area (Å²) >= 11 is 11.8. The number of aliphatic carboxylic acids is 1. The van der Waals surface area contributed by atoms with Crippen LogP contribution in [-0.2, 0) is 4.79 Å². The lowest BCUT2D eigenvalue weighted by atomic mass is 9.76. The summed E-state index contributed by atoms with van der Waals surface area (Å²) in [6.45, 7) is 4.38. The molecule has 0 aromatic heterocycles. The van der Waals surface area contributed by atoms with E-state index in [1.807, 2.05) is 13.8 Å². The Morgan fingerprint density at radius 1 is 1.24 bits per heavy atom. The normalized spacial score (nSPS) is 21.9. The Hall–Kier alpha value is -1.26. The van der Waals surface area contributed by atoms with Gasteiger partial charge in [0.2, 0.25) is 0 Å². The number of halogens is 2. The van der Waals surface area contributed by atoms with Gasteiger partial charge in [-0.3, -0.25) is 9.59 Å². The second kappa shape index (κ2) is 5.85. The lowest BCUT2D eigenvalue weighted by Crippen LogP contribution is -2.40. The van der Waals surface area contributed by atoms with Gasteiger partial charge in [-0.2, -0.15) is 0 Å². The minimum atomic E-state index is -0.877. The average Bonchev–Trinajstić information content (AvgIpc) is 2.83. The van der Waals surface area contributed by atoms with Crippen LogP contribution >= 0.6 is 23.2 Å². The van der Waals surface area contributed by atoms with Crippen molar-refractivity contribution in [2.45, 2.75) is 20.3 Å². The highest BCUT2D eigenvalue weighted by Crippen LogP contribution is 2.38. The van der Waals surface area contributed by atoms with E-state index in [2.05, 4.69) is 0 Å². The summed E-state index contributed by atoms with van der Waals surface area (Å²) < 4.78 is 0. The molecule has 1 unspecified atom stereocenters. The van der Waals surface area contributed by atoms with E-state index >= 15 is 0 Å². The van der Waals surface area contributed by atoms with Crippen molar-refractivity contribution in [1.29, 1.82) is 0 Å². The predicted molar refractivity (Wildman–Crippen MR) is 81.9 cm³/mol. The van der Waals surface area contributed by atoms with Crippen molar-refractivity contribution in [3.63, 3.8) is 0 Å². The van der Waals surface area contributed by atoms with Crippen LogP contribution in [0.25, 0.3) is 0 Å². The summed E-state index contributed by atoms with van der Waals surface area (Å²) in [6.07, 6.45) is 0.458. The van der Waals surface area contributed by atoms with Gasteiger partial charge in [0.05, 0.1) is 5.41 Å². The van der Waals surface area contributed by atoms with Crippen LogP contribution in [0.15, 0.2) is 18.2 Å². The molecule has 1 aromatic rings. The van der Waals surface area contributed by atoms with Crippen LogP contribution < -0.4 is 0 Å². The number of benzene rings is 1. The number of hydrogen-bond donors (Lipinski definition) is 1. The molecule has 1 N–H and O–H groups in total. The SMILES string of the molecule is CC(C)C1(C(=O)O)CCN(C(=O)c2cc(Cl)cc(Cl)c2)C1. The number of nitrogens with zero attached hydrogens (tertiary/aromatic N) is 1. The third-order valence-corrected chi connectivity index (χ3v) is 4.67. The van der Waals surface area contributed by atoms with Crippen LogP contribution in [-0.4, -0.2) is 35.0 Å². The molecule has 0 spiro atoms. The largest absolute Gasteiger partial charge is 0.481 e. The Bertz CT molecular complexity index is 568. The van der Waals surface area contributed by atoms with Crippen molar-refractivity contribution < 1.29 is 14.7 Å². The molecule has 1 saturated heterocycles. The predicted octanol–water partition coefficient (Wildman–Crippen LogP) is 3.57. The molecule has 1 fully saturated rings. The van der Waals surface area contributed by atoms with E-state index in [9.17, 15) is 14.7 Å². The molecule has 2 rings (SSSR count). The number of carboxylic acid groups (broad SMARTS) is 1. The van der Waals surface area contributed by atoms with Crippen molar-refractivity contribution in [2.24, 2.45) is 11.3 Å². The number of hydrogen-bond acceptors (Lipinski definition) is 2. The maximum atomic E-state index is 12.5. The van der Waals surface area contributed by atoms with Crippen LogP contribution in [0.2, 0.25) is 10.0 Å². The van der Waals surface area contributed by atoms with Crippen LogP contribution in [0.3, 0.4) is 0 Å². The van der Waals surface area contributed by atoms with Crippen molar-refractivity contribution in [3.05, 3.63) is 33.8 Å². The van der Waals surface area contributed by atoms with Gasteiger partial charge in [-0.05, 0) is 30.5 Å². The van der Waals surface area contributed by atoms with E-state index in [0.29, 0.717) is 28.6 Å². The summed E-state index contributed by atoms with van der Waals surface area (Å²) in [4.78, 5) is 25.7. The number of carbonyl (C=O) groups excluding carboxylic acids is 1. The van der Waals surface area contributed by atoms with E-state index < -0.39 is 11.4 Å². The molecular weight excluding hydrogens is 313 g/mol. The molecule has 1 aliphatic heterocycles. The number of carbonyl (C=O) groups is 2. The minimum absolute atomic E-state index is 0.0456. The Morgan fingerprint density at radius 3 is 2.24 bits per heavy atom. The molecule has 4 nitrogen and oxygen atoms in total. The quantitative estimate of drug-likeness (QED) is 0.922. The van der Waals surface area contributed by atoms with Crippen molar-refractivity contribution in [3.8, 4) is 0 Å². The third-order valence-electron chi connectivity index (χ3n) is 4.23. The molecule has 1 amide bonds. The van der Waals surface area contributed by atoms with Gasteiger partial charge in [0.15, 0.2) is 0 Å². The fraction of sp³-hybridized carbons (Fsp3) is 0.467. The van der Waals surface area contributed by atoms with E-state index in [1.165, 1.54) is 0 Å². The molecule has 21 heavy (non-hydrogen) atoms. The van der Waals surface area contributed by atoms with E-state index in [0.717, 1.165) is 0 Å². The summed E-state index contributed by atoms with van der Waals surface area (Å²) in [5.41, 5.74) is -0.490. The van der Waals surface area contributed by atoms with Gasteiger partial charge in [0.1, 0.15) is 0 Å². The molecule has 1 aliphatic rings. The topological polar surface area (TPSA) is 57.6 Å². The maximum Gasteiger partial charge on any atom is 0.311 e. The Balaban J connectivity index is 2.24. The molecule has 0 saturated carbocycles. The Morgan fingerprint density at radius 2 is 1.81 bits per heavy atom. The molecule has 1 aromatic carbocycles. The lowest BCUT2D eigenvalue weighted by Gasteiger charge is -2.28. The highest BCUT2D eigenvalue weighted by Gasteiger charge is 2.48. The van der Waals surface area contributed by atoms with E-state index in [4.69, 9.17) is 23.2 Å². The fourth-order valence-electron chi connectivity index (χ4n) is 2.76. The van der Waals surface area contributed by atoms with Gasteiger partial charge in [0.25, 0.3) is 5.91 Å². The summed E-state index contributed by atoms with van der Waals surface area (Å²) in [5, 5.41) is 10.3. The molecule has 0 radical (unpaired) electrons. The molecular formula is C15H17Cl2NO3. The molecule has 1 atom stereocenters. The maximum absolute atomic E-state index is 12.5. The Kier molecular flexibility index (Phi) is 4.49. The number of likely N-dealkylation sites (tertiary alicyclic amines) is 1. The second-order valence-electron chi connectivity index (χ2n) is 5.75.